The number of carbonyl (C=O) groups is 1. The summed E-state index contributed by atoms with van der Waals surface area (Å²) >= 11 is 0. The normalized spacial score (nSPS) is 17.7. The predicted octanol–water partition coefficient (Wildman–Crippen LogP) is 4.20. The Kier molecular flexibility index (Phi) is 4.16. The molecule has 0 radical (unpaired) electrons. The lowest BCUT2D eigenvalue weighted by atomic mass is 9.82. The summed E-state index contributed by atoms with van der Waals surface area (Å²) in [7, 11) is 0. The zero-order valence-electron chi connectivity index (χ0n) is 11.9. The summed E-state index contributed by atoms with van der Waals surface area (Å²) in [4.78, 5) is 12.4. The molecule has 0 aromatic heterocycles. The minimum absolute atomic E-state index is 0.0672. The standard InChI is InChI=1S/C15H19F3N2O/c1-2-14(7-3-4-8-14)13(21)20-12-6-5-10(9-11(12)19)15(16,17)18/h5-6,9H,2-4,7-8,19H2,1H3,(H,20,21). The molecule has 0 atom stereocenters. The van der Waals surface area contributed by atoms with E-state index in [1.165, 1.54) is 6.07 Å². The monoisotopic (exact) mass is 300 g/mol. The van der Waals surface area contributed by atoms with Crippen molar-refractivity contribution in [2.75, 3.05) is 11.1 Å². The Balaban J connectivity index is 2.18. The number of benzene rings is 1. The number of nitrogens with one attached hydrogen (secondary N) is 1. The van der Waals surface area contributed by atoms with E-state index in [0.717, 1.165) is 44.2 Å². The lowest BCUT2D eigenvalue weighted by molar-refractivity contribution is -0.137. The van der Waals surface area contributed by atoms with E-state index in [1.54, 1.807) is 0 Å². The van der Waals surface area contributed by atoms with E-state index >= 15 is 0 Å². The molecule has 1 aliphatic rings. The molecule has 0 aliphatic heterocycles. The van der Waals surface area contributed by atoms with E-state index in [4.69, 9.17) is 5.73 Å². The zero-order chi connectivity index (χ0) is 15.7. The van der Waals surface area contributed by atoms with Crippen LogP contribution in [0.3, 0.4) is 0 Å². The molecule has 2 rings (SSSR count). The molecule has 1 amide bonds. The van der Waals surface area contributed by atoms with Crippen LogP contribution in [0, 0.1) is 5.41 Å². The van der Waals surface area contributed by atoms with E-state index in [9.17, 15) is 18.0 Å². The van der Waals surface area contributed by atoms with Crippen LogP contribution in [0.5, 0.6) is 0 Å². The first-order valence-corrected chi connectivity index (χ1v) is 7.07. The van der Waals surface area contributed by atoms with E-state index < -0.39 is 17.2 Å². The van der Waals surface area contributed by atoms with E-state index in [2.05, 4.69) is 5.32 Å². The van der Waals surface area contributed by atoms with Crippen molar-refractivity contribution in [1.29, 1.82) is 0 Å². The fourth-order valence-electron chi connectivity index (χ4n) is 2.90. The SMILES string of the molecule is CCC1(C(=O)Nc2ccc(C(F)(F)F)cc2N)CCCC1. The highest BCUT2D eigenvalue weighted by Gasteiger charge is 2.39. The predicted molar refractivity (Wildman–Crippen MR) is 75.7 cm³/mol. The molecule has 6 heteroatoms. The Morgan fingerprint density at radius 2 is 1.95 bits per heavy atom. The highest BCUT2D eigenvalue weighted by atomic mass is 19.4. The fraction of sp³-hybridized carbons (Fsp3) is 0.533. The molecular formula is C15H19F3N2O. The molecule has 21 heavy (non-hydrogen) atoms. The van der Waals surface area contributed by atoms with Crippen molar-refractivity contribution in [2.24, 2.45) is 5.41 Å². The minimum Gasteiger partial charge on any atom is -0.397 e. The first-order chi connectivity index (χ1) is 9.78. The average molecular weight is 300 g/mol. The van der Waals surface area contributed by atoms with Crippen LogP contribution in [0.4, 0.5) is 24.5 Å². The van der Waals surface area contributed by atoms with Crippen molar-refractivity contribution in [1.82, 2.24) is 0 Å². The van der Waals surface area contributed by atoms with Crippen LogP contribution in [0.15, 0.2) is 18.2 Å². The van der Waals surface area contributed by atoms with Gasteiger partial charge in [-0.05, 0) is 37.5 Å². The summed E-state index contributed by atoms with van der Waals surface area (Å²) in [6, 6.07) is 3.00. The molecule has 1 saturated carbocycles. The third kappa shape index (κ3) is 3.14. The molecule has 0 saturated heterocycles. The molecule has 0 bridgehead atoms. The maximum atomic E-state index is 12.6. The van der Waals surface area contributed by atoms with Crippen LogP contribution in [0.2, 0.25) is 0 Å². The Morgan fingerprint density at radius 1 is 1.33 bits per heavy atom. The van der Waals surface area contributed by atoms with Crippen LogP contribution in [-0.2, 0) is 11.0 Å². The molecule has 0 heterocycles. The third-order valence-corrected chi connectivity index (χ3v) is 4.35. The maximum absolute atomic E-state index is 12.6. The average Bonchev–Trinajstić information content (AvgIpc) is 2.90. The molecule has 116 valence electrons. The Hall–Kier alpha value is -1.72. The number of hydrogen-bond acceptors (Lipinski definition) is 2. The number of halogens is 3. The van der Waals surface area contributed by atoms with E-state index in [-0.39, 0.29) is 17.3 Å². The lowest BCUT2D eigenvalue weighted by Gasteiger charge is -2.26. The molecule has 1 aliphatic carbocycles. The summed E-state index contributed by atoms with van der Waals surface area (Å²) in [6.45, 7) is 1.96. The number of rotatable bonds is 3. The van der Waals surface area contributed by atoms with Gasteiger partial charge in [0, 0.05) is 5.41 Å². The fourth-order valence-corrected chi connectivity index (χ4v) is 2.90. The summed E-state index contributed by atoms with van der Waals surface area (Å²) in [5.41, 5.74) is 4.59. The molecule has 3 nitrogen and oxygen atoms in total. The Morgan fingerprint density at radius 3 is 2.43 bits per heavy atom. The van der Waals surface area contributed by atoms with Gasteiger partial charge < -0.3 is 11.1 Å². The second-order valence-electron chi connectivity index (χ2n) is 5.59. The summed E-state index contributed by atoms with van der Waals surface area (Å²) < 4.78 is 37.7. The van der Waals surface area contributed by atoms with Gasteiger partial charge in [-0.15, -0.1) is 0 Å². The van der Waals surface area contributed by atoms with Gasteiger partial charge in [0.2, 0.25) is 5.91 Å². The van der Waals surface area contributed by atoms with Gasteiger partial charge in [-0.2, -0.15) is 13.2 Å². The number of hydrogen-bond donors (Lipinski definition) is 2. The van der Waals surface area contributed by atoms with Crippen molar-refractivity contribution in [3.63, 3.8) is 0 Å². The first kappa shape index (κ1) is 15.7. The topological polar surface area (TPSA) is 55.1 Å². The summed E-state index contributed by atoms with van der Waals surface area (Å²) in [5, 5.41) is 2.69. The van der Waals surface area contributed by atoms with Gasteiger partial charge in [0.25, 0.3) is 0 Å². The van der Waals surface area contributed by atoms with E-state index in [1.807, 2.05) is 6.92 Å². The smallest absolute Gasteiger partial charge is 0.397 e. The molecule has 1 aromatic rings. The molecular weight excluding hydrogens is 281 g/mol. The van der Waals surface area contributed by atoms with E-state index in [0.29, 0.717) is 0 Å². The van der Waals surface area contributed by atoms with Crippen LogP contribution in [-0.4, -0.2) is 5.91 Å². The number of nitrogen functional groups attached to an aromatic ring is 1. The van der Waals surface area contributed by atoms with Gasteiger partial charge in [-0.1, -0.05) is 19.8 Å². The Labute approximate surface area is 121 Å². The largest absolute Gasteiger partial charge is 0.416 e. The Bertz CT molecular complexity index is 534. The van der Waals surface area contributed by atoms with Crippen molar-refractivity contribution in [3.05, 3.63) is 23.8 Å². The second kappa shape index (κ2) is 5.58. The summed E-state index contributed by atoms with van der Waals surface area (Å²) in [5.74, 6) is -0.144. The number of carbonyl (C=O) groups excluding carboxylic acids is 1. The van der Waals surface area contributed by atoms with Gasteiger partial charge in [0.1, 0.15) is 0 Å². The molecule has 0 spiro atoms. The number of anilines is 2. The highest BCUT2D eigenvalue weighted by molar-refractivity contribution is 5.97. The lowest BCUT2D eigenvalue weighted by Crippen LogP contribution is -2.33. The van der Waals surface area contributed by atoms with Crippen molar-refractivity contribution < 1.29 is 18.0 Å². The molecule has 1 fully saturated rings. The van der Waals surface area contributed by atoms with Gasteiger partial charge >= 0.3 is 6.18 Å². The van der Waals surface area contributed by atoms with Gasteiger partial charge in [0.05, 0.1) is 16.9 Å². The molecule has 0 unspecified atom stereocenters. The van der Waals surface area contributed by atoms with Crippen LogP contribution in [0.25, 0.3) is 0 Å². The van der Waals surface area contributed by atoms with Crippen molar-refractivity contribution in [2.45, 2.75) is 45.2 Å². The van der Waals surface area contributed by atoms with Crippen LogP contribution >= 0.6 is 0 Å². The van der Waals surface area contributed by atoms with Crippen LogP contribution in [0.1, 0.15) is 44.6 Å². The van der Waals surface area contributed by atoms with Crippen molar-refractivity contribution in [3.8, 4) is 0 Å². The first-order valence-electron chi connectivity index (χ1n) is 7.07. The quantitative estimate of drug-likeness (QED) is 0.822. The molecule has 1 aromatic carbocycles. The highest BCUT2D eigenvalue weighted by Crippen LogP contribution is 2.42. The van der Waals surface area contributed by atoms with Crippen LogP contribution < -0.4 is 11.1 Å². The second-order valence-corrected chi connectivity index (χ2v) is 5.59. The summed E-state index contributed by atoms with van der Waals surface area (Å²) in [6.07, 6.45) is -0.0780. The van der Waals surface area contributed by atoms with Gasteiger partial charge in [-0.3, -0.25) is 4.79 Å². The third-order valence-electron chi connectivity index (χ3n) is 4.35. The molecule has 3 N–H and O–H groups in total. The number of nitrogens with two attached hydrogens (primary N) is 1. The maximum Gasteiger partial charge on any atom is 0.416 e. The van der Waals surface area contributed by atoms with Gasteiger partial charge in [0.15, 0.2) is 0 Å². The zero-order valence-corrected chi connectivity index (χ0v) is 11.9. The number of amides is 1. The number of alkyl halides is 3. The van der Waals surface area contributed by atoms with Gasteiger partial charge in [-0.25, -0.2) is 0 Å². The van der Waals surface area contributed by atoms with Crippen molar-refractivity contribution >= 4 is 17.3 Å². The minimum atomic E-state index is -4.44.